The van der Waals surface area contributed by atoms with Crippen LogP contribution in [0, 0.1) is 11.8 Å². The average Bonchev–Trinajstić information content (AvgIpc) is 2.33. The molecule has 1 heterocycles. The van der Waals surface area contributed by atoms with E-state index in [0.29, 0.717) is 13.1 Å². The van der Waals surface area contributed by atoms with Gasteiger partial charge in [0.25, 0.3) is 0 Å². The molecule has 1 amide bonds. The third-order valence-corrected chi connectivity index (χ3v) is 5.70. The van der Waals surface area contributed by atoms with Gasteiger partial charge in [-0.1, -0.05) is 33.1 Å². The topological polar surface area (TPSA) is 40.5 Å². The highest BCUT2D eigenvalue weighted by Gasteiger charge is 2.40. The summed E-state index contributed by atoms with van der Waals surface area (Å²) in [6.45, 7) is 9.86. The second-order valence-electron chi connectivity index (χ2n) is 6.94. The summed E-state index contributed by atoms with van der Waals surface area (Å²) in [5, 5.41) is 9.39. The summed E-state index contributed by atoms with van der Waals surface area (Å²) in [6.07, 6.45) is 6.30. The van der Waals surface area contributed by atoms with Crippen molar-refractivity contribution < 1.29 is 9.90 Å². The van der Waals surface area contributed by atoms with Gasteiger partial charge in [-0.3, -0.25) is 4.79 Å². The fourth-order valence-electron chi connectivity index (χ4n) is 2.67. The Morgan fingerprint density at radius 2 is 1.85 bits per heavy atom. The first-order chi connectivity index (χ1) is 9.27. The van der Waals surface area contributed by atoms with Crippen molar-refractivity contribution in [2.45, 2.75) is 64.2 Å². The molecule has 1 atom stereocenters. The zero-order chi connectivity index (χ0) is 15.3. The number of nitrogens with zero attached hydrogens (tertiary/aromatic N) is 1. The lowest BCUT2D eigenvalue weighted by Crippen LogP contribution is -2.57. The van der Waals surface area contributed by atoms with Crippen molar-refractivity contribution in [3.8, 4) is 0 Å². The predicted molar refractivity (Wildman–Crippen MR) is 87.0 cm³/mol. The summed E-state index contributed by atoms with van der Waals surface area (Å²) < 4.78 is -0.0323. The minimum atomic E-state index is -0.307. The minimum Gasteiger partial charge on any atom is -0.389 e. The molecule has 118 valence electrons. The SMILES string of the molecule is CSC(C)(C)C(CCCCC(C)C)C(=O)N1CC(O)C1. The molecule has 0 aromatic heterocycles. The lowest BCUT2D eigenvalue weighted by atomic mass is 9.86. The fraction of sp³-hybridized carbons (Fsp3) is 0.938. The Bertz CT molecular complexity index is 312. The van der Waals surface area contributed by atoms with Gasteiger partial charge in [-0.25, -0.2) is 0 Å². The van der Waals surface area contributed by atoms with Crippen molar-refractivity contribution in [1.29, 1.82) is 0 Å². The number of aliphatic hydroxyl groups excluding tert-OH is 1. The smallest absolute Gasteiger partial charge is 0.227 e. The van der Waals surface area contributed by atoms with E-state index < -0.39 is 0 Å². The number of rotatable bonds is 8. The van der Waals surface area contributed by atoms with Crippen molar-refractivity contribution in [3.63, 3.8) is 0 Å². The summed E-state index contributed by atoms with van der Waals surface area (Å²) in [5.74, 6) is 1.04. The Labute approximate surface area is 128 Å². The third kappa shape index (κ3) is 4.96. The molecule has 0 spiro atoms. The first-order valence-electron chi connectivity index (χ1n) is 7.80. The van der Waals surface area contributed by atoms with Crippen LogP contribution in [0.4, 0.5) is 0 Å². The molecule has 0 saturated carbocycles. The molecule has 0 aliphatic carbocycles. The van der Waals surface area contributed by atoms with E-state index in [0.717, 1.165) is 18.8 Å². The van der Waals surface area contributed by atoms with Crippen LogP contribution in [0.3, 0.4) is 0 Å². The Morgan fingerprint density at radius 1 is 1.30 bits per heavy atom. The maximum absolute atomic E-state index is 12.6. The lowest BCUT2D eigenvalue weighted by molar-refractivity contribution is -0.146. The molecule has 20 heavy (non-hydrogen) atoms. The van der Waals surface area contributed by atoms with E-state index in [1.807, 2.05) is 4.90 Å². The van der Waals surface area contributed by atoms with Gasteiger partial charge >= 0.3 is 0 Å². The van der Waals surface area contributed by atoms with E-state index in [-0.39, 0.29) is 22.7 Å². The number of hydrogen-bond donors (Lipinski definition) is 1. The standard InChI is InChI=1S/C16H31NO2S/c1-12(2)8-6-7-9-14(16(3,4)20-5)15(19)17-10-13(18)11-17/h12-14,18H,6-11H2,1-5H3. The summed E-state index contributed by atoms with van der Waals surface area (Å²) in [5.41, 5.74) is 0. The molecule has 3 nitrogen and oxygen atoms in total. The molecule has 1 unspecified atom stereocenters. The van der Waals surface area contributed by atoms with Crippen LogP contribution in [0.1, 0.15) is 53.4 Å². The quantitative estimate of drug-likeness (QED) is 0.700. The molecule has 1 saturated heterocycles. The molecule has 1 aliphatic rings. The summed E-state index contributed by atoms with van der Waals surface area (Å²) in [7, 11) is 0. The van der Waals surface area contributed by atoms with Crippen LogP contribution in [-0.4, -0.2) is 46.1 Å². The molecule has 0 bridgehead atoms. The molecule has 1 aliphatic heterocycles. The normalized spacial score (nSPS) is 18.2. The third-order valence-electron chi connectivity index (χ3n) is 4.36. The fourth-order valence-corrected chi connectivity index (χ4v) is 3.17. The highest BCUT2D eigenvalue weighted by Crippen LogP contribution is 2.36. The maximum Gasteiger partial charge on any atom is 0.227 e. The van der Waals surface area contributed by atoms with E-state index in [2.05, 4.69) is 34.0 Å². The summed E-state index contributed by atoms with van der Waals surface area (Å²) >= 11 is 1.77. The molecule has 1 N–H and O–H groups in total. The predicted octanol–water partition coefficient (Wildman–Crippen LogP) is 3.16. The van der Waals surface area contributed by atoms with Gasteiger partial charge in [-0.15, -0.1) is 0 Å². The van der Waals surface area contributed by atoms with E-state index in [1.165, 1.54) is 12.8 Å². The van der Waals surface area contributed by atoms with Crippen molar-refractivity contribution in [2.24, 2.45) is 11.8 Å². The van der Waals surface area contributed by atoms with Gasteiger partial charge < -0.3 is 10.0 Å². The summed E-state index contributed by atoms with van der Waals surface area (Å²) in [6, 6.07) is 0. The maximum atomic E-state index is 12.6. The number of carbonyl (C=O) groups is 1. The second-order valence-corrected chi connectivity index (χ2v) is 8.40. The van der Waals surface area contributed by atoms with Crippen LogP contribution < -0.4 is 0 Å². The van der Waals surface area contributed by atoms with Crippen molar-refractivity contribution in [2.75, 3.05) is 19.3 Å². The Balaban J connectivity index is 2.54. The van der Waals surface area contributed by atoms with E-state index in [1.54, 1.807) is 11.8 Å². The molecule has 0 radical (unpaired) electrons. The van der Waals surface area contributed by atoms with Gasteiger partial charge in [0, 0.05) is 17.8 Å². The highest BCUT2D eigenvalue weighted by molar-refractivity contribution is 8.00. The van der Waals surface area contributed by atoms with Gasteiger partial charge in [-0.2, -0.15) is 11.8 Å². The van der Waals surface area contributed by atoms with Crippen LogP contribution in [0.5, 0.6) is 0 Å². The molecule has 1 fully saturated rings. The number of amides is 1. The number of aliphatic hydroxyl groups is 1. The number of carbonyl (C=O) groups excluding carboxylic acids is 1. The van der Waals surface area contributed by atoms with Gasteiger partial charge in [0.1, 0.15) is 0 Å². The average molecular weight is 301 g/mol. The molecule has 4 heteroatoms. The van der Waals surface area contributed by atoms with Crippen molar-refractivity contribution in [1.82, 2.24) is 4.90 Å². The zero-order valence-corrected chi connectivity index (χ0v) is 14.5. The van der Waals surface area contributed by atoms with Crippen LogP contribution in [-0.2, 0) is 4.79 Å². The van der Waals surface area contributed by atoms with Gasteiger partial charge in [0.05, 0.1) is 12.0 Å². The van der Waals surface area contributed by atoms with E-state index in [4.69, 9.17) is 0 Å². The monoisotopic (exact) mass is 301 g/mol. The number of unbranched alkanes of at least 4 members (excludes halogenated alkanes) is 1. The molecule has 0 aromatic rings. The lowest BCUT2D eigenvalue weighted by Gasteiger charge is -2.42. The second kappa shape index (κ2) is 7.69. The summed E-state index contributed by atoms with van der Waals surface area (Å²) in [4.78, 5) is 14.4. The largest absolute Gasteiger partial charge is 0.389 e. The van der Waals surface area contributed by atoms with Crippen LogP contribution in [0.2, 0.25) is 0 Å². The first kappa shape index (κ1) is 17.8. The van der Waals surface area contributed by atoms with Crippen molar-refractivity contribution >= 4 is 17.7 Å². The van der Waals surface area contributed by atoms with Gasteiger partial charge in [-0.05, 0) is 32.4 Å². The molecular formula is C16H31NO2S. The first-order valence-corrected chi connectivity index (χ1v) is 9.02. The number of hydrogen-bond acceptors (Lipinski definition) is 3. The number of β-amino-alcohol motifs (C(OH)–C–C–N with tert-alkyl or cyclic N) is 1. The van der Waals surface area contributed by atoms with E-state index in [9.17, 15) is 9.90 Å². The van der Waals surface area contributed by atoms with Crippen LogP contribution >= 0.6 is 11.8 Å². The molecule has 0 aromatic carbocycles. The zero-order valence-electron chi connectivity index (χ0n) is 13.7. The number of likely N-dealkylation sites (tertiary alicyclic amines) is 1. The number of thioether (sulfide) groups is 1. The highest BCUT2D eigenvalue weighted by atomic mass is 32.2. The Morgan fingerprint density at radius 3 is 2.30 bits per heavy atom. The Kier molecular flexibility index (Phi) is 6.86. The van der Waals surface area contributed by atoms with E-state index >= 15 is 0 Å². The van der Waals surface area contributed by atoms with Gasteiger partial charge in [0.15, 0.2) is 0 Å². The van der Waals surface area contributed by atoms with Crippen LogP contribution in [0.25, 0.3) is 0 Å². The van der Waals surface area contributed by atoms with Crippen LogP contribution in [0.15, 0.2) is 0 Å². The Hall–Kier alpha value is -0.220. The molecule has 1 rings (SSSR count). The van der Waals surface area contributed by atoms with Gasteiger partial charge in [0.2, 0.25) is 5.91 Å². The minimum absolute atomic E-state index is 0.0323. The van der Waals surface area contributed by atoms with Crippen molar-refractivity contribution in [3.05, 3.63) is 0 Å². The molecular weight excluding hydrogens is 270 g/mol.